The van der Waals surface area contributed by atoms with Gasteiger partial charge in [0.2, 0.25) is 0 Å². The van der Waals surface area contributed by atoms with Gasteiger partial charge >= 0.3 is 6.03 Å². The van der Waals surface area contributed by atoms with Gasteiger partial charge in [-0.1, -0.05) is 0 Å². The van der Waals surface area contributed by atoms with Crippen molar-refractivity contribution < 1.29 is 4.79 Å². The maximum atomic E-state index is 12.1. The van der Waals surface area contributed by atoms with Crippen molar-refractivity contribution in [2.24, 2.45) is 0 Å². The van der Waals surface area contributed by atoms with Crippen LogP contribution in [0.15, 0.2) is 18.5 Å². The molecule has 22 heavy (non-hydrogen) atoms. The molecule has 1 atom stereocenters. The van der Waals surface area contributed by atoms with Crippen molar-refractivity contribution in [1.82, 2.24) is 25.1 Å². The number of hydrogen-bond acceptors (Lipinski definition) is 5. The highest BCUT2D eigenvalue weighted by Gasteiger charge is 2.28. The molecule has 0 aliphatic carbocycles. The van der Waals surface area contributed by atoms with Crippen LogP contribution < -0.4 is 5.32 Å². The van der Waals surface area contributed by atoms with Crippen LogP contribution in [0.4, 0.5) is 4.79 Å². The van der Waals surface area contributed by atoms with Crippen molar-refractivity contribution in [3.05, 3.63) is 24.3 Å². The topological polar surface area (TPSA) is 61.4 Å². The number of likely N-dealkylation sites (tertiary alicyclic amines) is 1. The zero-order valence-corrected chi connectivity index (χ0v) is 14.2. The predicted octanol–water partition coefficient (Wildman–Crippen LogP) is 1.45. The van der Waals surface area contributed by atoms with E-state index in [2.05, 4.69) is 33.5 Å². The number of rotatable bonds is 7. The van der Waals surface area contributed by atoms with Gasteiger partial charge in [0.1, 0.15) is 5.82 Å². The van der Waals surface area contributed by atoms with Gasteiger partial charge in [-0.15, -0.1) is 0 Å². The summed E-state index contributed by atoms with van der Waals surface area (Å²) >= 11 is 1.81. The Morgan fingerprint density at radius 3 is 3.00 bits per heavy atom. The fourth-order valence-corrected chi connectivity index (χ4v) is 3.01. The summed E-state index contributed by atoms with van der Waals surface area (Å²) in [7, 11) is 2.07. The largest absolute Gasteiger partial charge is 0.338 e. The van der Waals surface area contributed by atoms with E-state index in [0.29, 0.717) is 12.6 Å². The fourth-order valence-electron chi connectivity index (χ4n) is 2.57. The molecular formula is C15H25N5OS. The number of urea groups is 1. The molecule has 2 heterocycles. The van der Waals surface area contributed by atoms with E-state index >= 15 is 0 Å². The number of likely N-dealkylation sites (N-methyl/N-ethyl adjacent to an activating group) is 1. The zero-order chi connectivity index (χ0) is 15.8. The first-order valence-corrected chi connectivity index (χ1v) is 9.08. The Morgan fingerprint density at radius 2 is 2.27 bits per heavy atom. The molecule has 0 spiro atoms. The quantitative estimate of drug-likeness (QED) is 0.770. The molecule has 1 fully saturated rings. The van der Waals surface area contributed by atoms with Crippen LogP contribution in [0.2, 0.25) is 0 Å². The summed E-state index contributed by atoms with van der Waals surface area (Å²) in [6.07, 6.45) is 7.63. The minimum Gasteiger partial charge on any atom is -0.338 e. The van der Waals surface area contributed by atoms with Gasteiger partial charge in [-0.25, -0.2) is 14.8 Å². The Labute approximate surface area is 136 Å². The number of hydrogen-bond donors (Lipinski definition) is 1. The van der Waals surface area contributed by atoms with Gasteiger partial charge in [-0.05, 0) is 38.0 Å². The molecule has 1 saturated heterocycles. The molecule has 1 aliphatic heterocycles. The average molecular weight is 323 g/mol. The highest BCUT2D eigenvalue weighted by atomic mass is 32.2. The van der Waals surface area contributed by atoms with E-state index < -0.39 is 0 Å². The van der Waals surface area contributed by atoms with E-state index in [-0.39, 0.29) is 6.03 Å². The van der Waals surface area contributed by atoms with Gasteiger partial charge in [-0.3, -0.25) is 4.90 Å². The maximum Gasteiger partial charge on any atom is 0.317 e. The van der Waals surface area contributed by atoms with Gasteiger partial charge in [0.05, 0.1) is 6.54 Å². The predicted molar refractivity (Wildman–Crippen MR) is 89.9 cm³/mol. The average Bonchev–Trinajstić information content (AvgIpc) is 3.02. The molecule has 1 aromatic rings. The molecule has 0 unspecified atom stereocenters. The summed E-state index contributed by atoms with van der Waals surface area (Å²) in [5.41, 5.74) is 0. The molecule has 122 valence electrons. The molecular weight excluding hydrogens is 298 g/mol. The van der Waals surface area contributed by atoms with Crippen molar-refractivity contribution >= 4 is 17.8 Å². The van der Waals surface area contributed by atoms with Crippen LogP contribution in [0, 0.1) is 0 Å². The number of nitrogens with zero attached hydrogens (tertiary/aromatic N) is 4. The number of nitrogens with one attached hydrogen (secondary N) is 1. The highest BCUT2D eigenvalue weighted by Crippen LogP contribution is 2.15. The molecule has 0 bridgehead atoms. The molecule has 0 radical (unpaired) electrons. The van der Waals surface area contributed by atoms with Crippen LogP contribution in [0.25, 0.3) is 0 Å². The number of amides is 2. The first-order valence-electron chi connectivity index (χ1n) is 7.68. The van der Waals surface area contributed by atoms with E-state index in [1.54, 1.807) is 12.4 Å². The van der Waals surface area contributed by atoms with Crippen LogP contribution in [-0.2, 0) is 6.54 Å². The molecule has 2 rings (SSSR count). The third-order valence-electron chi connectivity index (χ3n) is 3.89. The van der Waals surface area contributed by atoms with Crippen LogP contribution in [0.1, 0.15) is 18.7 Å². The number of carbonyl (C=O) groups excluding carboxylic acids is 1. The first-order chi connectivity index (χ1) is 10.7. The number of thioether (sulfide) groups is 1. The molecule has 2 amide bonds. The Bertz CT molecular complexity index is 459. The fraction of sp³-hybridized carbons (Fsp3) is 0.667. The van der Waals surface area contributed by atoms with Crippen LogP contribution in [0.5, 0.6) is 0 Å². The zero-order valence-electron chi connectivity index (χ0n) is 13.4. The molecule has 1 N–H and O–H groups in total. The maximum absolute atomic E-state index is 12.1. The SMILES string of the molecule is CSCCCNC(=O)N1CC[C@H](N(C)Cc2ncccn2)C1. The highest BCUT2D eigenvalue weighted by molar-refractivity contribution is 7.98. The molecule has 0 saturated carbocycles. The van der Waals surface area contributed by atoms with Crippen molar-refractivity contribution in [2.75, 3.05) is 38.7 Å². The smallest absolute Gasteiger partial charge is 0.317 e. The summed E-state index contributed by atoms with van der Waals surface area (Å²) in [6.45, 7) is 3.07. The van der Waals surface area contributed by atoms with Crippen LogP contribution >= 0.6 is 11.8 Å². The Morgan fingerprint density at radius 1 is 1.50 bits per heavy atom. The van der Waals surface area contributed by atoms with Crippen molar-refractivity contribution in [3.63, 3.8) is 0 Å². The summed E-state index contributed by atoms with van der Waals surface area (Å²) in [4.78, 5) is 24.8. The second kappa shape index (κ2) is 8.95. The normalized spacial score (nSPS) is 18.0. The summed E-state index contributed by atoms with van der Waals surface area (Å²) in [5.74, 6) is 1.91. The van der Waals surface area contributed by atoms with Crippen LogP contribution in [-0.4, -0.2) is 70.5 Å². The lowest BCUT2D eigenvalue weighted by molar-refractivity contribution is 0.196. The summed E-state index contributed by atoms with van der Waals surface area (Å²) in [6, 6.07) is 2.26. The minimum atomic E-state index is 0.0629. The summed E-state index contributed by atoms with van der Waals surface area (Å²) < 4.78 is 0. The molecule has 6 nitrogen and oxygen atoms in total. The Kier molecular flexibility index (Phi) is 6.92. The second-order valence-electron chi connectivity index (χ2n) is 5.55. The number of aromatic nitrogens is 2. The lowest BCUT2D eigenvalue weighted by atomic mass is 10.2. The lowest BCUT2D eigenvalue weighted by Gasteiger charge is -2.24. The van der Waals surface area contributed by atoms with Gasteiger partial charge in [0.25, 0.3) is 0 Å². The lowest BCUT2D eigenvalue weighted by Crippen LogP contribution is -2.41. The van der Waals surface area contributed by atoms with Crippen molar-refractivity contribution in [2.45, 2.75) is 25.4 Å². The van der Waals surface area contributed by atoms with E-state index in [9.17, 15) is 4.79 Å². The third kappa shape index (κ3) is 5.14. The molecule has 1 aliphatic rings. The van der Waals surface area contributed by atoms with Crippen molar-refractivity contribution in [1.29, 1.82) is 0 Å². The molecule has 7 heteroatoms. The van der Waals surface area contributed by atoms with Gasteiger partial charge < -0.3 is 10.2 Å². The first kappa shape index (κ1) is 17.0. The minimum absolute atomic E-state index is 0.0629. The second-order valence-corrected chi connectivity index (χ2v) is 6.53. The van der Waals surface area contributed by atoms with Crippen LogP contribution in [0.3, 0.4) is 0 Å². The standard InChI is InChI=1S/C15H25N5OS/c1-19(12-14-16-6-3-7-17-14)13-5-9-20(11-13)15(21)18-8-4-10-22-2/h3,6-7,13H,4-5,8-12H2,1-2H3,(H,18,21)/t13-/m0/s1. The van der Waals surface area contributed by atoms with E-state index in [1.807, 2.05) is 22.7 Å². The van der Waals surface area contributed by atoms with E-state index in [0.717, 1.165) is 44.1 Å². The Hall–Kier alpha value is -1.34. The monoisotopic (exact) mass is 323 g/mol. The van der Waals surface area contributed by atoms with Gasteiger partial charge in [-0.2, -0.15) is 11.8 Å². The third-order valence-corrected chi connectivity index (χ3v) is 4.58. The van der Waals surface area contributed by atoms with E-state index in [4.69, 9.17) is 0 Å². The Balaban J connectivity index is 1.73. The van der Waals surface area contributed by atoms with Gasteiger partial charge in [0.15, 0.2) is 0 Å². The summed E-state index contributed by atoms with van der Waals surface area (Å²) in [5, 5.41) is 3.00. The molecule has 0 aromatic carbocycles. The van der Waals surface area contributed by atoms with E-state index in [1.165, 1.54) is 0 Å². The van der Waals surface area contributed by atoms with Gasteiger partial charge in [0, 0.05) is 38.1 Å². The molecule has 1 aromatic heterocycles. The number of carbonyl (C=O) groups is 1. The van der Waals surface area contributed by atoms with Crippen molar-refractivity contribution in [3.8, 4) is 0 Å².